The Hall–Kier alpha value is -4.13. The number of phenols is 1. The largest absolute Gasteiger partial charge is 0.508 e. The molecule has 1 unspecified atom stereocenters. The van der Waals surface area contributed by atoms with Crippen LogP contribution in [0.1, 0.15) is 15.9 Å². The number of rotatable bonds is 8. The van der Waals surface area contributed by atoms with E-state index < -0.39 is 30.4 Å². The Morgan fingerprint density at radius 1 is 0.839 bits per heavy atom. The zero-order chi connectivity index (χ0) is 22.1. The van der Waals surface area contributed by atoms with Gasteiger partial charge in [-0.2, -0.15) is 0 Å². The monoisotopic (exact) mass is 418 g/mol. The van der Waals surface area contributed by atoms with Crippen molar-refractivity contribution in [2.75, 3.05) is 11.9 Å². The molecule has 0 heterocycles. The average molecular weight is 418 g/mol. The van der Waals surface area contributed by atoms with Gasteiger partial charge in [-0.3, -0.25) is 9.59 Å². The van der Waals surface area contributed by atoms with Gasteiger partial charge < -0.3 is 20.5 Å². The summed E-state index contributed by atoms with van der Waals surface area (Å²) >= 11 is 0. The fourth-order valence-corrected chi connectivity index (χ4v) is 2.85. The molecule has 3 aromatic rings. The third-order valence-electron chi connectivity index (χ3n) is 4.41. The molecule has 3 aromatic carbocycles. The fourth-order valence-electron chi connectivity index (χ4n) is 2.85. The Balaban J connectivity index is 1.62. The molecule has 0 aliphatic carbocycles. The summed E-state index contributed by atoms with van der Waals surface area (Å²) in [6, 6.07) is 22.7. The lowest BCUT2D eigenvalue weighted by molar-refractivity contribution is -0.149. The summed E-state index contributed by atoms with van der Waals surface area (Å²) in [4.78, 5) is 37.3. The maximum absolute atomic E-state index is 12.7. The second-order valence-corrected chi connectivity index (χ2v) is 6.78. The van der Waals surface area contributed by atoms with Gasteiger partial charge in [-0.1, -0.05) is 48.5 Å². The molecule has 0 spiro atoms. The first kappa shape index (κ1) is 21.6. The van der Waals surface area contributed by atoms with Gasteiger partial charge in [-0.05, 0) is 42.0 Å². The minimum atomic E-state index is -0.962. The van der Waals surface area contributed by atoms with Crippen molar-refractivity contribution in [1.82, 2.24) is 5.32 Å². The lowest BCUT2D eigenvalue weighted by Gasteiger charge is -2.18. The van der Waals surface area contributed by atoms with Crippen molar-refractivity contribution >= 4 is 23.5 Å². The van der Waals surface area contributed by atoms with Crippen molar-refractivity contribution in [3.63, 3.8) is 0 Å². The first-order chi connectivity index (χ1) is 15.0. The number of anilines is 1. The van der Waals surface area contributed by atoms with Crippen molar-refractivity contribution in [3.8, 4) is 5.75 Å². The molecule has 158 valence electrons. The first-order valence-electron chi connectivity index (χ1n) is 9.66. The topological polar surface area (TPSA) is 105 Å². The molecule has 1 atom stereocenters. The van der Waals surface area contributed by atoms with E-state index in [4.69, 9.17) is 4.74 Å². The fraction of sp³-hybridized carbons (Fsp3) is 0.125. The summed E-state index contributed by atoms with van der Waals surface area (Å²) in [6.45, 7) is -0.508. The quantitative estimate of drug-likeness (QED) is 0.385. The van der Waals surface area contributed by atoms with Crippen LogP contribution in [0.25, 0.3) is 0 Å². The van der Waals surface area contributed by atoms with Crippen molar-refractivity contribution in [3.05, 3.63) is 96.1 Å². The van der Waals surface area contributed by atoms with E-state index in [1.165, 1.54) is 24.3 Å². The molecule has 2 amide bonds. The number of nitrogens with one attached hydrogen (secondary N) is 2. The van der Waals surface area contributed by atoms with E-state index in [0.717, 1.165) is 5.56 Å². The van der Waals surface area contributed by atoms with Gasteiger partial charge in [0.1, 0.15) is 11.8 Å². The number of carbonyl (C=O) groups is 3. The molecule has 0 saturated heterocycles. The molecule has 0 fully saturated rings. The maximum Gasteiger partial charge on any atom is 0.329 e. The smallest absolute Gasteiger partial charge is 0.329 e. The number of phenolic OH excluding ortho intramolecular Hbond substituents is 1. The summed E-state index contributed by atoms with van der Waals surface area (Å²) < 4.78 is 5.16. The Morgan fingerprint density at radius 3 is 2.10 bits per heavy atom. The van der Waals surface area contributed by atoms with Gasteiger partial charge in [0.15, 0.2) is 6.61 Å². The van der Waals surface area contributed by atoms with Crippen LogP contribution >= 0.6 is 0 Å². The van der Waals surface area contributed by atoms with Gasteiger partial charge in [0.05, 0.1) is 0 Å². The number of ether oxygens (including phenoxy) is 1. The number of aromatic hydroxyl groups is 1. The van der Waals surface area contributed by atoms with Crippen molar-refractivity contribution in [1.29, 1.82) is 0 Å². The van der Waals surface area contributed by atoms with Crippen LogP contribution < -0.4 is 10.6 Å². The van der Waals surface area contributed by atoms with Gasteiger partial charge in [-0.25, -0.2) is 4.79 Å². The van der Waals surface area contributed by atoms with E-state index in [9.17, 15) is 19.5 Å². The first-order valence-corrected chi connectivity index (χ1v) is 9.66. The van der Waals surface area contributed by atoms with Crippen molar-refractivity contribution in [2.24, 2.45) is 0 Å². The van der Waals surface area contributed by atoms with E-state index in [2.05, 4.69) is 10.6 Å². The lowest BCUT2D eigenvalue weighted by atomic mass is 10.1. The lowest BCUT2D eigenvalue weighted by Crippen LogP contribution is -2.44. The standard InChI is InChI=1S/C24H22N2O5/c27-20-13-11-19(12-14-20)25-22(28)16-31-24(30)21(15-17-7-3-1-4-8-17)26-23(29)18-9-5-2-6-10-18/h1-14,21,27H,15-16H2,(H,25,28)(H,26,29). The molecule has 0 saturated carbocycles. The van der Waals surface area contributed by atoms with Crippen LogP contribution in [0.5, 0.6) is 5.75 Å². The van der Waals surface area contributed by atoms with Crippen LogP contribution in [0, 0.1) is 0 Å². The normalized spacial score (nSPS) is 11.2. The predicted molar refractivity (Wildman–Crippen MR) is 116 cm³/mol. The molecule has 31 heavy (non-hydrogen) atoms. The Kier molecular flexibility index (Phi) is 7.37. The van der Waals surface area contributed by atoms with Gasteiger partial charge in [-0.15, -0.1) is 0 Å². The average Bonchev–Trinajstić information content (AvgIpc) is 2.80. The number of hydrogen-bond donors (Lipinski definition) is 3. The van der Waals surface area contributed by atoms with Crippen LogP contribution in [0.15, 0.2) is 84.9 Å². The predicted octanol–water partition coefficient (Wildman–Crippen LogP) is 2.92. The number of amides is 2. The second-order valence-electron chi connectivity index (χ2n) is 6.78. The molecule has 7 heteroatoms. The zero-order valence-corrected chi connectivity index (χ0v) is 16.7. The molecule has 3 N–H and O–H groups in total. The molecular weight excluding hydrogens is 396 g/mol. The number of esters is 1. The summed E-state index contributed by atoms with van der Waals surface area (Å²) in [7, 11) is 0. The Morgan fingerprint density at radius 2 is 1.45 bits per heavy atom. The number of hydrogen-bond acceptors (Lipinski definition) is 5. The molecule has 0 radical (unpaired) electrons. The highest BCUT2D eigenvalue weighted by Gasteiger charge is 2.24. The summed E-state index contributed by atoms with van der Waals surface area (Å²) in [6.07, 6.45) is 0.220. The summed E-state index contributed by atoms with van der Waals surface area (Å²) in [5, 5.41) is 14.5. The molecule has 0 bridgehead atoms. The van der Waals surface area contributed by atoms with Gasteiger partial charge in [0, 0.05) is 17.7 Å². The summed E-state index contributed by atoms with van der Waals surface area (Å²) in [5.74, 6) is -1.59. The highest BCUT2D eigenvalue weighted by molar-refractivity contribution is 5.97. The van der Waals surface area contributed by atoms with E-state index in [-0.39, 0.29) is 12.2 Å². The van der Waals surface area contributed by atoms with E-state index in [0.29, 0.717) is 11.3 Å². The molecule has 0 aliphatic heterocycles. The van der Waals surface area contributed by atoms with Crippen LogP contribution in [-0.4, -0.2) is 35.5 Å². The molecule has 0 aliphatic rings. The molecular formula is C24H22N2O5. The van der Waals surface area contributed by atoms with Crippen molar-refractivity contribution < 1.29 is 24.2 Å². The van der Waals surface area contributed by atoms with Crippen LogP contribution in [0.4, 0.5) is 5.69 Å². The SMILES string of the molecule is O=C(COC(=O)C(Cc1ccccc1)NC(=O)c1ccccc1)Nc1ccc(O)cc1. The van der Waals surface area contributed by atoms with Crippen LogP contribution in [0.3, 0.4) is 0 Å². The third-order valence-corrected chi connectivity index (χ3v) is 4.41. The third kappa shape index (κ3) is 6.71. The summed E-state index contributed by atoms with van der Waals surface area (Å²) in [5.41, 5.74) is 1.71. The highest BCUT2D eigenvalue weighted by atomic mass is 16.5. The Labute approximate surface area is 179 Å². The number of carbonyl (C=O) groups excluding carboxylic acids is 3. The molecule has 3 rings (SSSR count). The zero-order valence-electron chi connectivity index (χ0n) is 16.7. The minimum Gasteiger partial charge on any atom is -0.508 e. The highest BCUT2D eigenvalue weighted by Crippen LogP contribution is 2.13. The van der Waals surface area contributed by atoms with Gasteiger partial charge >= 0.3 is 5.97 Å². The van der Waals surface area contributed by atoms with E-state index in [1.807, 2.05) is 30.3 Å². The van der Waals surface area contributed by atoms with Crippen LogP contribution in [0.2, 0.25) is 0 Å². The number of benzene rings is 3. The van der Waals surface area contributed by atoms with Crippen LogP contribution in [-0.2, 0) is 20.7 Å². The van der Waals surface area contributed by atoms with Crippen molar-refractivity contribution in [2.45, 2.75) is 12.5 Å². The maximum atomic E-state index is 12.7. The van der Waals surface area contributed by atoms with E-state index in [1.54, 1.807) is 30.3 Å². The van der Waals surface area contributed by atoms with Gasteiger partial charge in [0.2, 0.25) is 0 Å². The Bertz CT molecular complexity index is 1020. The minimum absolute atomic E-state index is 0.0716. The molecule has 7 nitrogen and oxygen atoms in total. The second kappa shape index (κ2) is 10.6. The van der Waals surface area contributed by atoms with Gasteiger partial charge in [0.25, 0.3) is 11.8 Å². The molecule has 0 aromatic heterocycles. The van der Waals surface area contributed by atoms with E-state index >= 15 is 0 Å².